The molecule has 8 heteroatoms. The zero-order chi connectivity index (χ0) is 23.8. The van der Waals surface area contributed by atoms with Crippen molar-refractivity contribution < 1.29 is 19.1 Å². The summed E-state index contributed by atoms with van der Waals surface area (Å²) in [4.78, 5) is 27.0. The Morgan fingerprint density at radius 3 is 2.38 bits per heavy atom. The monoisotopic (exact) mass is 460 g/mol. The zero-order valence-corrected chi connectivity index (χ0v) is 18.8. The van der Waals surface area contributed by atoms with Gasteiger partial charge in [-0.2, -0.15) is 0 Å². The molecule has 1 aliphatic rings. The second-order valence-electron chi connectivity index (χ2n) is 7.91. The van der Waals surface area contributed by atoms with Gasteiger partial charge in [0.15, 0.2) is 0 Å². The topological polar surface area (TPSA) is 106 Å². The van der Waals surface area contributed by atoms with Crippen LogP contribution >= 0.6 is 0 Å². The zero-order valence-electron chi connectivity index (χ0n) is 18.8. The van der Waals surface area contributed by atoms with Crippen molar-refractivity contribution in [3.05, 3.63) is 78.4 Å². The molecule has 0 radical (unpaired) electrons. The van der Waals surface area contributed by atoms with E-state index >= 15 is 0 Å². The van der Waals surface area contributed by atoms with Crippen molar-refractivity contribution in [2.75, 3.05) is 55.8 Å². The van der Waals surface area contributed by atoms with E-state index in [9.17, 15) is 9.59 Å². The summed E-state index contributed by atoms with van der Waals surface area (Å²) in [6.45, 7) is 4.07. The molecule has 0 unspecified atom stereocenters. The molecule has 4 N–H and O–H groups in total. The average molecular weight is 461 g/mol. The van der Waals surface area contributed by atoms with Crippen molar-refractivity contribution in [1.29, 1.82) is 0 Å². The third kappa shape index (κ3) is 6.34. The summed E-state index contributed by atoms with van der Waals surface area (Å²) < 4.78 is 10.5. The van der Waals surface area contributed by atoms with Gasteiger partial charge in [-0.25, -0.2) is 4.79 Å². The van der Waals surface area contributed by atoms with Crippen LogP contribution in [0.25, 0.3) is 11.1 Å². The number of nitrogens with two attached hydrogens (primary N) is 1. The fraction of sp³-hybridized carbons (Fsp3) is 0.231. The van der Waals surface area contributed by atoms with Gasteiger partial charge in [-0.15, -0.1) is 0 Å². The summed E-state index contributed by atoms with van der Waals surface area (Å²) in [7, 11) is 0. The molecule has 8 nitrogen and oxygen atoms in total. The van der Waals surface area contributed by atoms with Crippen LogP contribution in [0, 0.1) is 0 Å². The van der Waals surface area contributed by atoms with E-state index in [1.807, 2.05) is 42.5 Å². The maximum absolute atomic E-state index is 12.7. The lowest BCUT2D eigenvalue weighted by Gasteiger charge is -2.26. The number of ether oxygens (including phenoxy) is 2. The molecule has 1 heterocycles. The molecule has 0 atom stereocenters. The number of carbonyl (C=O) groups excluding carboxylic acids is 2. The molecule has 0 bridgehead atoms. The SMILES string of the molecule is Nc1ccc(-c2ccccc2)cc1NC(=O)c1ccc(NC(=O)OCCN2CCOCC2)cc1. The fourth-order valence-corrected chi connectivity index (χ4v) is 3.62. The van der Waals surface area contributed by atoms with Crippen molar-refractivity contribution in [3.63, 3.8) is 0 Å². The van der Waals surface area contributed by atoms with Gasteiger partial charge in [-0.05, 0) is 47.5 Å². The number of morpholine rings is 1. The summed E-state index contributed by atoms with van der Waals surface area (Å²) in [5.41, 5.74) is 10.1. The quantitative estimate of drug-likeness (QED) is 0.459. The molecule has 34 heavy (non-hydrogen) atoms. The molecular weight excluding hydrogens is 432 g/mol. The van der Waals surface area contributed by atoms with Crippen LogP contribution < -0.4 is 16.4 Å². The maximum atomic E-state index is 12.7. The molecular formula is C26H28N4O4. The number of hydrogen-bond acceptors (Lipinski definition) is 6. The van der Waals surface area contributed by atoms with E-state index in [-0.39, 0.29) is 5.91 Å². The lowest BCUT2D eigenvalue weighted by atomic mass is 10.0. The highest BCUT2D eigenvalue weighted by Gasteiger charge is 2.12. The first-order chi connectivity index (χ1) is 16.6. The summed E-state index contributed by atoms with van der Waals surface area (Å²) >= 11 is 0. The highest BCUT2D eigenvalue weighted by molar-refractivity contribution is 6.06. The standard InChI is InChI=1S/C26H28N4O4/c27-23-11-8-21(19-4-2-1-3-5-19)18-24(23)29-25(31)20-6-9-22(10-7-20)28-26(32)34-17-14-30-12-15-33-16-13-30/h1-11,18H,12-17,27H2,(H,28,32)(H,29,31). The highest BCUT2D eigenvalue weighted by Crippen LogP contribution is 2.27. The number of nitrogens with zero attached hydrogens (tertiary/aromatic N) is 1. The Labute approximate surface area is 198 Å². The van der Waals surface area contributed by atoms with Crippen molar-refractivity contribution in [2.24, 2.45) is 0 Å². The Morgan fingerprint density at radius 2 is 1.65 bits per heavy atom. The van der Waals surface area contributed by atoms with Crippen LogP contribution in [0.4, 0.5) is 21.9 Å². The third-order valence-corrected chi connectivity index (χ3v) is 5.55. The number of nitrogen functional groups attached to an aromatic ring is 1. The van der Waals surface area contributed by atoms with E-state index in [1.165, 1.54) is 0 Å². The molecule has 1 fully saturated rings. The number of amides is 2. The number of rotatable bonds is 7. The van der Waals surface area contributed by atoms with Gasteiger partial charge in [0.2, 0.25) is 0 Å². The molecule has 3 aromatic carbocycles. The number of benzene rings is 3. The van der Waals surface area contributed by atoms with Gasteiger partial charge in [0, 0.05) is 30.9 Å². The summed E-state index contributed by atoms with van der Waals surface area (Å²) in [5, 5.41) is 5.54. The van der Waals surface area contributed by atoms with Crippen molar-refractivity contribution in [1.82, 2.24) is 4.90 Å². The minimum Gasteiger partial charge on any atom is -0.448 e. The molecule has 3 aromatic rings. The number of anilines is 3. The van der Waals surface area contributed by atoms with Crippen LogP contribution in [0.5, 0.6) is 0 Å². The minimum atomic E-state index is -0.532. The molecule has 0 spiro atoms. The molecule has 4 rings (SSSR count). The molecule has 0 saturated carbocycles. The largest absolute Gasteiger partial charge is 0.448 e. The second kappa shape index (κ2) is 11.3. The van der Waals surface area contributed by atoms with E-state index in [2.05, 4.69) is 15.5 Å². The van der Waals surface area contributed by atoms with Crippen molar-refractivity contribution in [2.45, 2.75) is 0 Å². The van der Waals surface area contributed by atoms with Gasteiger partial charge in [-0.3, -0.25) is 15.0 Å². The Balaban J connectivity index is 1.30. The summed E-state index contributed by atoms with van der Waals surface area (Å²) in [6, 6.07) is 22.0. The number of carbonyl (C=O) groups is 2. The Morgan fingerprint density at radius 1 is 0.912 bits per heavy atom. The van der Waals surface area contributed by atoms with E-state index in [0.717, 1.165) is 24.2 Å². The maximum Gasteiger partial charge on any atom is 0.411 e. The van der Waals surface area contributed by atoms with E-state index < -0.39 is 6.09 Å². The van der Waals surface area contributed by atoms with E-state index in [4.69, 9.17) is 15.2 Å². The Kier molecular flexibility index (Phi) is 7.75. The van der Waals surface area contributed by atoms with E-state index in [1.54, 1.807) is 30.3 Å². The van der Waals surface area contributed by atoms with Gasteiger partial charge in [0.25, 0.3) is 5.91 Å². The first kappa shape index (κ1) is 23.3. The molecule has 176 valence electrons. The lowest BCUT2D eigenvalue weighted by Crippen LogP contribution is -2.38. The average Bonchev–Trinajstić information content (AvgIpc) is 2.87. The van der Waals surface area contributed by atoms with Crippen LogP contribution in [0.1, 0.15) is 10.4 Å². The molecule has 2 amide bonds. The Bertz CT molecular complexity index is 1110. The fourth-order valence-electron chi connectivity index (χ4n) is 3.62. The van der Waals surface area contributed by atoms with Crippen molar-refractivity contribution >= 4 is 29.1 Å². The van der Waals surface area contributed by atoms with Crippen LogP contribution in [-0.2, 0) is 9.47 Å². The minimum absolute atomic E-state index is 0.295. The van der Waals surface area contributed by atoms with Crippen LogP contribution in [0.2, 0.25) is 0 Å². The van der Waals surface area contributed by atoms with Crippen LogP contribution in [0.3, 0.4) is 0 Å². The summed E-state index contributed by atoms with van der Waals surface area (Å²) in [5.74, 6) is -0.295. The molecule has 1 aliphatic heterocycles. The second-order valence-corrected chi connectivity index (χ2v) is 7.91. The predicted octanol–water partition coefficient (Wildman–Crippen LogP) is 4.07. The van der Waals surface area contributed by atoms with Gasteiger partial charge >= 0.3 is 6.09 Å². The van der Waals surface area contributed by atoms with Gasteiger partial charge in [-0.1, -0.05) is 36.4 Å². The number of nitrogens with one attached hydrogen (secondary N) is 2. The van der Waals surface area contributed by atoms with E-state index in [0.29, 0.717) is 49.0 Å². The smallest absolute Gasteiger partial charge is 0.411 e. The van der Waals surface area contributed by atoms with Gasteiger partial charge < -0.3 is 20.5 Å². The first-order valence-electron chi connectivity index (χ1n) is 11.2. The van der Waals surface area contributed by atoms with Crippen molar-refractivity contribution in [3.8, 4) is 11.1 Å². The predicted molar refractivity (Wildman–Crippen MR) is 133 cm³/mol. The molecule has 1 saturated heterocycles. The van der Waals surface area contributed by atoms with Crippen LogP contribution in [0.15, 0.2) is 72.8 Å². The Hall–Kier alpha value is -3.88. The van der Waals surface area contributed by atoms with Gasteiger partial charge in [0.05, 0.1) is 24.6 Å². The normalized spacial score (nSPS) is 13.8. The summed E-state index contributed by atoms with van der Waals surface area (Å²) in [6.07, 6.45) is -0.532. The third-order valence-electron chi connectivity index (χ3n) is 5.55. The molecule has 0 aromatic heterocycles. The lowest BCUT2D eigenvalue weighted by molar-refractivity contribution is 0.0290. The van der Waals surface area contributed by atoms with Gasteiger partial charge in [0.1, 0.15) is 6.61 Å². The van der Waals surface area contributed by atoms with Crippen LogP contribution in [-0.4, -0.2) is 56.4 Å². The molecule has 0 aliphatic carbocycles. The number of hydrogen-bond donors (Lipinski definition) is 3. The first-order valence-corrected chi connectivity index (χ1v) is 11.2. The highest BCUT2D eigenvalue weighted by atomic mass is 16.5.